The van der Waals surface area contributed by atoms with E-state index < -0.39 is 165 Å². The number of nitrogens with one attached hydrogen (secondary N) is 2. The van der Waals surface area contributed by atoms with Gasteiger partial charge in [0.05, 0.1) is 11.0 Å². The van der Waals surface area contributed by atoms with Crippen molar-refractivity contribution in [2.45, 2.75) is 180 Å². The lowest BCUT2D eigenvalue weighted by atomic mass is 9.94. The quantitative estimate of drug-likeness (QED) is 0.0747. The molecule has 2 amide bonds. The SMILES string of the molecule is CCCCCO[C@@H]1O[C@H](COC(=O)c2ccccc2)[C@@H](O[C@@H]2O[C@H](COC(=O)C(C)(C)C)[C@H](OC(C)=O)[C@H](O[C@@H]3O[C@H](COC(C)=O)[C@@H](OC(C)=O)[C@H](O)[C@H]3NC(C)=O)[C@H]2OC(C)=O)[C@H](O)[C@H]1NC(C)=O. The van der Waals surface area contributed by atoms with E-state index in [4.69, 9.17) is 56.8 Å². The minimum atomic E-state index is -1.96. The second-order valence-electron chi connectivity index (χ2n) is 18.2. The van der Waals surface area contributed by atoms with Crippen molar-refractivity contribution < 1.29 is 105 Å². The molecule has 398 valence electrons. The molecule has 1 aromatic rings. The fourth-order valence-electron chi connectivity index (χ4n) is 7.83. The first-order valence-electron chi connectivity index (χ1n) is 23.2. The van der Waals surface area contributed by atoms with Gasteiger partial charge in [0.15, 0.2) is 37.2 Å². The van der Waals surface area contributed by atoms with E-state index in [1.54, 1.807) is 39.0 Å². The molecule has 0 aliphatic carbocycles. The molecule has 24 heteroatoms. The molecule has 15 atom stereocenters. The van der Waals surface area contributed by atoms with Crippen molar-refractivity contribution >= 4 is 47.6 Å². The third-order valence-corrected chi connectivity index (χ3v) is 11.0. The van der Waals surface area contributed by atoms with Crippen LogP contribution in [0.2, 0.25) is 0 Å². The molecule has 0 bridgehead atoms. The average molecular weight is 1010 g/mol. The van der Waals surface area contributed by atoms with Gasteiger partial charge >= 0.3 is 35.8 Å². The summed E-state index contributed by atoms with van der Waals surface area (Å²) in [7, 11) is 0. The molecular weight excluding hydrogens is 945 g/mol. The molecule has 3 aliphatic rings. The van der Waals surface area contributed by atoms with Crippen LogP contribution in [0, 0.1) is 5.41 Å². The molecule has 4 rings (SSSR count). The number of carbonyl (C=O) groups is 8. The van der Waals surface area contributed by atoms with Crippen molar-refractivity contribution in [3.8, 4) is 0 Å². The smallest absolute Gasteiger partial charge is 0.338 e. The lowest BCUT2D eigenvalue weighted by Gasteiger charge is -2.50. The molecule has 0 spiro atoms. The van der Waals surface area contributed by atoms with Crippen LogP contribution in [0.25, 0.3) is 0 Å². The largest absolute Gasteiger partial charge is 0.463 e. The summed E-state index contributed by atoms with van der Waals surface area (Å²) in [6.45, 7) is 11.3. The molecule has 71 heavy (non-hydrogen) atoms. The molecule has 0 unspecified atom stereocenters. The molecular formula is C47H68N2O22. The highest BCUT2D eigenvalue weighted by Gasteiger charge is 2.58. The third kappa shape index (κ3) is 17.2. The molecule has 3 fully saturated rings. The van der Waals surface area contributed by atoms with Crippen molar-refractivity contribution in [3.05, 3.63) is 35.9 Å². The lowest BCUT2D eigenvalue weighted by molar-refractivity contribution is -0.370. The van der Waals surface area contributed by atoms with Crippen LogP contribution in [0.3, 0.4) is 0 Å². The van der Waals surface area contributed by atoms with Gasteiger partial charge < -0.3 is 77.7 Å². The van der Waals surface area contributed by atoms with E-state index in [1.807, 2.05) is 6.92 Å². The van der Waals surface area contributed by atoms with Gasteiger partial charge in [-0.25, -0.2) is 4.79 Å². The molecule has 1 aromatic carbocycles. The van der Waals surface area contributed by atoms with Gasteiger partial charge in [-0.15, -0.1) is 0 Å². The molecule has 0 radical (unpaired) electrons. The first kappa shape index (κ1) is 58.2. The van der Waals surface area contributed by atoms with E-state index in [9.17, 15) is 48.6 Å². The Morgan fingerprint density at radius 2 is 1.04 bits per heavy atom. The maximum atomic E-state index is 13.3. The predicted octanol–water partition coefficient (Wildman–Crippen LogP) is 0.674. The van der Waals surface area contributed by atoms with E-state index in [-0.39, 0.29) is 12.2 Å². The van der Waals surface area contributed by atoms with Gasteiger partial charge in [0.1, 0.15) is 74.6 Å². The van der Waals surface area contributed by atoms with Crippen LogP contribution >= 0.6 is 0 Å². The predicted molar refractivity (Wildman–Crippen MR) is 239 cm³/mol. The molecule has 24 nitrogen and oxygen atoms in total. The van der Waals surface area contributed by atoms with Crippen LogP contribution in [0.5, 0.6) is 0 Å². The summed E-state index contributed by atoms with van der Waals surface area (Å²) >= 11 is 0. The maximum absolute atomic E-state index is 13.3. The Morgan fingerprint density at radius 3 is 1.61 bits per heavy atom. The van der Waals surface area contributed by atoms with Crippen LogP contribution in [-0.2, 0) is 90.4 Å². The normalized spacial score (nSPS) is 30.7. The van der Waals surface area contributed by atoms with Gasteiger partial charge in [-0.2, -0.15) is 0 Å². The number of carbonyl (C=O) groups excluding carboxylic acids is 8. The van der Waals surface area contributed by atoms with Crippen molar-refractivity contribution in [1.29, 1.82) is 0 Å². The summed E-state index contributed by atoms with van der Waals surface area (Å²) in [6, 6.07) is 4.95. The van der Waals surface area contributed by atoms with Crippen molar-refractivity contribution in [2.24, 2.45) is 5.41 Å². The number of aliphatic hydroxyl groups is 2. The topological polar surface area (TPSA) is 312 Å². The van der Waals surface area contributed by atoms with Gasteiger partial charge in [-0.05, 0) is 39.3 Å². The minimum Gasteiger partial charge on any atom is -0.463 e. The fourth-order valence-corrected chi connectivity index (χ4v) is 7.83. The minimum absolute atomic E-state index is 0.135. The number of benzene rings is 1. The summed E-state index contributed by atoms with van der Waals surface area (Å²) in [5.41, 5.74) is -0.909. The highest BCUT2D eigenvalue weighted by Crippen LogP contribution is 2.37. The Bertz CT molecular complexity index is 1980. The molecule has 3 aliphatic heterocycles. The Balaban J connectivity index is 1.89. The van der Waals surface area contributed by atoms with E-state index in [0.29, 0.717) is 6.42 Å². The van der Waals surface area contributed by atoms with Crippen LogP contribution in [0.1, 0.15) is 98.9 Å². The first-order valence-corrected chi connectivity index (χ1v) is 23.2. The molecule has 0 saturated carbocycles. The number of ether oxygens (including phenoxy) is 12. The number of esters is 6. The van der Waals surface area contributed by atoms with Crippen molar-refractivity contribution in [3.63, 3.8) is 0 Å². The summed E-state index contributed by atoms with van der Waals surface area (Å²) in [4.78, 5) is 102. The number of aliphatic hydroxyl groups excluding tert-OH is 2. The van der Waals surface area contributed by atoms with E-state index in [0.717, 1.165) is 47.5 Å². The molecule has 0 aromatic heterocycles. The second kappa shape index (κ2) is 26.9. The zero-order valence-corrected chi connectivity index (χ0v) is 41.6. The number of rotatable bonds is 21. The lowest BCUT2D eigenvalue weighted by Crippen LogP contribution is -2.70. The highest BCUT2D eigenvalue weighted by molar-refractivity contribution is 5.89. The van der Waals surface area contributed by atoms with Crippen molar-refractivity contribution in [2.75, 3.05) is 26.4 Å². The standard InChI is InChI=1S/C47H68N2O22/c1-11-12-16-19-60-43-33(48-23(2)50)35(56)38(31(67-43)21-62-42(58)29-17-14-13-15-18-29)70-45-41(66-28(7)55)40(39(65-27(6)54)32(69-45)22-63-46(59)47(8,9)10)71-44-34(49-24(3)51)36(57)37(64-26(5)53)30(68-44)20-61-25(4)52/h13-15,17-18,30-41,43-45,56-57H,11-12,16,19-22H2,1-10H3,(H,48,50)(H,49,51)/t30-,31-,32-,33-,34-,35-,36-,37-,38-,39+,40+,41-,43-,44+,45+/m1/s1. The van der Waals surface area contributed by atoms with E-state index in [1.165, 1.54) is 19.1 Å². The third-order valence-electron chi connectivity index (χ3n) is 11.0. The summed E-state index contributed by atoms with van der Waals surface area (Å²) in [6.07, 6.45) is -19.9. The monoisotopic (exact) mass is 1010 g/mol. The van der Waals surface area contributed by atoms with Crippen molar-refractivity contribution in [1.82, 2.24) is 10.6 Å². The van der Waals surface area contributed by atoms with Crippen LogP contribution in [-0.4, -0.2) is 176 Å². The van der Waals surface area contributed by atoms with Crippen LogP contribution in [0.4, 0.5) is 0 Å². The van der Waals surface area contributed by atoms with Gasteiger partial charge in [0.2, 0.25) is 11.8 Å². The Kier molecular flexibility index (Phi) is 22.1. The van der Waals surface area contributed by atoms with E-state index in [2.05, 4.69) is 10.6 Å². The number of hydrogen-bond donors (Lipinski definition) is 4. The number of unbranched alkanes of at least 4 members (excludes halogenated alkanes) is 2. The summed E-state index contributed by atoms with van der Waals surface area (Å²) in [5.74, 6) is -6.51. The van der Waals surface area contributed by atoms with Gasteiger partial charge in [-0.1, -0.05) is 38.0 Å². The fraction of sp³-hybridized carbons (Fsp3) is 0.702. The van der Waals surface area contributed by atoms with Gasteiger partial charge in [0.25, 0.3) is 0 Å². The van der Waals surface area contributed by atoms with E-state index >= 15 is 0 Å². The average Bonchev–Trinajstić information content (AvgIpc) is 3.28. The zero-order valence-electron chi connectivity index (χ0n) is 41.6. The maximum Gasteiger partial charge on any atom is 0.338 e. The van der Waals surface area contributed by atoms with Gasteiger partial charge in [0, 0.05) is 48.1 Å². The van der Waals surface area contributed by atoms with Gasteiger partial charge in [-0.3, -0.25) is 33.6 Å². The molecule has 4 N–H and O–H groups in total. The summed E-state index contributed by atoms with van der Waals surface area (Å²) < 4.78 is 71.4. The molecule has 3 heterocycles. The first-order chi connectivity index (χ1) is 33.4. The Hall–Kier alpha value is -5.34. The van der Waals surface area contributed by atoms with Crippen LogP contribution in [0.15, 0.2) is 30.3 Å². The van der Waals surface area contributed by atoms with Crippen LogP contribution < -0.4 is 10.6 Å². The highest BCUT2D eigenvalue weighted by atomic mass is 16.8. The Labute approximate surface area is 411 Å². The zero-order chi connectivity index (χ0) is 52.7. The Morgan fingerprint density at radius 1 is 0.563 bits per heavy atom. The number of amides is 2. The second-order valence-corrected chi connectivity index (χ2v) is 18.2. The number of hydrogen-bond acceptors (Lipinski definition) is 22. The summed E-state index contributed by atoms with van der Waals surface area (Å²) in [5, 5.41) is 29.1. The molecule has 3 saturated heterocycles.